The highest BCUT2D eigenvalue weighted by atomic mass is 32.2. The quantitative estimate of drug-likeness (QED) is 0.232. The molecule has 0 spiro atoms. The number of benzene rings is 1. The zero-order chi connectivity index (χ0) is 20.7. The predicted molar refractivity (Wildman–Crippen MR) is 121 cm³/mol. The Hall–Kier alpha value is -2.95. The van der Waals surface area contributed by atoms with Crippen molar-refractivity contribution in [2.24, 2.45) is 0 Å². The van der Waals surface area contributed by atoms with E-state index in [1.54, 1.807) is 0 Å². The van der Waals surface area contributed by atoms with Gasteiger partial charge in [-0.25, -0.2) is 9.66 Å². The van der Waals surface area contributed by atoms with Crippen LogP contribution in [0.3, 0.4) is 0 Å². The van der Waals surface area contributed by atoms with Crippen LogP contribution in [0.4, 0.5) is 0 Å². The zero-order valence-corrected chi connectivity index (χ0v) is 18.1. The molecule has 4 aromatic heterocycles. The van der Waals surface area contributed by atoms with Gasteiger partial charge in [0.15, 0.2) is 5.16 Å². The summed E-state index contributed by atoms with van der Waals surface area (Å²) in [5.41, 5.74) is 1.53. The molecule has 0 amide bonds. The van der Waals surface area contributed by atoms with Crippen LogP contribution < -0.4 is 11.4 Å². The summed E-state index contributed by atoms with van der Waals surface area (Å²) in [6, 6.07) is 13.6. The van der Waals surface area contributed by atoms with Gasteiger partial charge in [-0.1, -0.05) is 48.2 Å². The number of aromatic nitrogens is 4. The molecular weight excluding hydrogens is 438 g/mol. The third-order valence-electron chi connectivity index (χ3n) is 4.49. The minimum atomic E-state index is -0.278. The van der Waals surface area contributed by atoms with Crippen LogP contribution in [-0.2, 0) is 0 Å². The molecule has 0 aliphatic heterocycles. The highest BCUT2D eigenvalue weighted by Crippen LogP contribution is 2.36. The van der Waals surface area contributed by atoms with E-state index in [0.717, 1.165) is 20.7 Å². The Morgan fingerprint density at radius 1 is 1.13 bits per heavy atom. The fourth-order valence-corrected chi connectivity index (χ4v) is 5.50. The molecule has 0 aliphatic carbocycles. The van der Waals surface area contributed by atoms with Crippen LogP contribution in [0.1, 0.15) is 18.1 Å². The number of thiophene rings is 2. The molecule has 0 aliphatic rings. The second-order valence-electron chi connectivity index (χ2n) is 6.45. The largest absolute Gasteiger partial charge is 0.419 e. The molecule has 1 aromatic carbocycles. The Bertz CT molecular complexity index is 1370. The Labute approximate surface area is 183 Å². The molecule has 150 valence electrons. The summed E-state index contributed by atoms with van der Waals surface area (Å²) in [5.74, 6) is 7.06. The standard InChI is InChI=1S/C20H15N5O2S3/c1-11(16-23-24-17(27-16)14-8-5-9-28-14)30-20-22-18-15(19(26)25(20)21)13(10-29-18)12-6-3-2-4-7-12/h2-11H,21H2,1H3. The molecule has 0 saturated heterocycles. The number of hydrogen-bond acceptors (Lipinski definition) is 9. The van der Waals surface area contributed by atoms with Crippen molar-refractivity contribution < 1.29 is 4.42 Å². The topological polar surface area (TPSA) is 99.8 Å². The number of thioether (sulfide) groups is 1. The second kappa shape index (κ2) is 7.71. The van der Waals surface area contributed by atoms with E-state index in [4.69, 9.17) is 10.3 Å². The maximum absolute atomic E-state index is 13.0. The van der Waals surface area contributed by atoms with Gasteiger partial charge >= 0.3 is 0 Å². The number of hydrogen-bond donors (Lipinski definition) is 1. The lowest BCUT2D eigenvalue weighted by atomic mass is 10.1. The van der Waals surface area contributed by atoms with Gasteiger partial charge in [0.1, 0.15) is 4.83 Å². The first-order valence-electron chi connectivity index (χ1n) is 9.00. The van der Waals surface area contributed by atoms with Gasteiger partial charge < -0.3 is 10.3 Å². The summed E-state index contributed by atoms with van der Waals surface area (Å²) < 4.78 is 6.89. The van der Waals surface area contributed by atoms with Gasteiger partial charge in [0, 0.05) is 10.9 Å². The van der Waals surface area contributed by atoms with Crippen LogP contribution in [0.5, 0.6) is 0 Å². The van der Waals surface area contributed by atoms with Gasteiger partial charge in [0.2, 0.25) is 5.89 Å². The summed E-state index contributed by atoms with van der Waals surface area (Å²) in [6.45, 7) is 1.91. The van der Waals surface area contributed by atoms with Crippen LogP contribution in [0.2, 0.25) is 0 Å². The Morgan fingerprint density at radius 2 is 1.97 bits per heavy atom. The number of nitrogens with zero attached hydrogens (tertiary/aromatic N) is 4. The van der Waals surface area contributed by atoms with Crippen molar-refractivity contribution in [1.29, 1.82) is 0 Å². The highest BCUT2D eigenvalue weighted by molar-refractivity contribution is 7.99. The molecule has 0 saturated carbocycles. The third kappa shape index (κ3) is 3.32. The highest BCUT2D eigenvalue weighted by Gasteiger charge is 2.21. The molecule has 10 heteroatoms. The van der Waals surface area contributed by atoms with Gasteiger partial charge in [-0.05, 0) is 23.9 Å². The van der Waals surface area contributed by atoms with E-state index in [1.807, 2.05) is 60.1 Å². The molecule has 5 rings (SSSR count). The molecule has 1 unspecified atom stereocenters. The first-order valence-corrected chi connectivity index (χ1v) is 11.6. The average Bonchev–Trinajstić information content (AvgIpc) is 3.52. The molecule has 7 nitrogen and oxygen atoms in total. The minimum Gasteiger partial charge on any atom is -0.419 e. The van der Waals surface area contributed by atoms with Crippen LogP contribution in [0, 0.1) is 0 Å². The van der Waals surface area contributed by atoms with E-state index < -0.39 is 0 Å². The maximum atomic E-state index is 13.0. The minimum absolute atomic E-state index is 0.223. The number of rotatable bonds is 5. The molecular formula is C20H15N5O2S3. The second-order valence-corrected chi connectivity index (χ2v) is 9.56. The fourth-order valence-electron chi connectivity index (χ4n) is 3.01. The number of nitrogens with two attached hydrogens (primary N) is 1. The molecule has 1 atom stereocenters. The summed E-state index contributed by atoms with van der Waals surface area (Å²) in [4.78, 5) is 19.2. The summed E-state index contributed by atoms with van der Waals surface area (Å²) in [7, 11) is 0. The zero-order valence-electron chi connectivity index (χ0n) is 15.7. The Kier molecular flexibility index (Phi) is 4.89. The molecule has 4 heterocycles. The van der Waals surface area contributed by atoms with Crippen molar-refractivity contribution in [3.8, 4) is 21.9 Å². The van der Waals surface area contributed by atoms with Crippen molar-refractivity contribution in [1.82, 2.24) is 19.9 Å². The lowest BCUT2D eigenvalue weighted by Crippen LogP contribution is -2.29. The average molecular weight is 454 g/mol. The lowest BCUT2D eigenvalue weighted by Gasteiger charge is -2.10. The van der Waals surface area contributed by atoms with Crippen LogP contribution in [0.25, 0.3) is 32.1 Å². The molecule has 5 aromatic rings. The van der Waals surface area contributed by atoms with Crippen LogP contribution in [0.15, 0.2) is 67.6 Å². The summed E-state index contributed by atoms with van der Waals surface area (Å²) >= 11 is 4.27. The van der Waals surface area contributed by atoms with E-state index in [0.29, 0.717) is 27.2 Å². The molecule has 30 heavy (non-hydrogen) atoms. The molecule has 0 bridgehead atoms. The van der Waals surface area contributed by atoms with Crippen molar-refractivity contribution in [3.05, 3.63) is 69.5 Å². The normalized spacial score (nSPS) is 12.4. The van der Waals surface area contributed by atoms with E-state index in [9.17, 15) is 4.79 Å². The number of fused-ring (bicyclic) bond motifs is 1. The van der Waals surface area contributed by atoms with E-state index in [2.05, 4.69) is 15.2 Å². The molecule has 0 radical (unpaired) electrons. The van der Waals surface area contributed by atoms with Crippen molar-refractivity contribution in [3.63, 3.8) is 0 Å². The summed E-state index contributed by atoms with van der Waals surface area (Å²) in [6.07, 6.45) is 0. The van der Waals surface area contributed by atoms with E-state index in [1.165, 1.54) is 34.4 Å². The van der Waals surface area contributed by atoms with Crippen molar-refractivity contribution >= 4 is 44.7 Å². The number of nitrogen functional groups attached to an aromatic ring is 1. The summed E-state index contributed by atoms with van der Waals surface area (Å²) in [5, 5.41) is 12.9. The van der Waals surface area contributed by atoms with Gasteiger partial charge in [-0.2, -0.15) is 0 Å². The van der Waals surface area contributed by atoms with Gasteiger partial charge in [0.25, 0.3) is 11.4 Å². The van der Waals surface area contributed by atoms with E-state index >= 15 is 0 Å². The molecule has 0 fully saturated rings. The first-order chi connectivity index (χ1) is 14.6. The maximum Gasteiger partial charge on any atom is 0.282 e. The lowest BCUT2D eigenvalue weighted by molar-refractivity contribution is 0.509. The van der Waals surface area contributed by atoms with Crippen molar-refractivity contribution in [2.45, 2.75) is 17.3 Å². The van der Waals surface area contributed by atoms with Crippen LogP contribution in [-0.4, -0.2) is 19.9 Å². The van der Waals surface area contributed by atoms with E-state index in [-0.39, 0.29) is 10.8 Å². The monoisotopic (exact) mass is 453 g/mol. The van der Waals surface area contributed by atoms with Crippen molar-refractivity contribution in [2.75, 3.05) is 5.84 Å². The van der Waals surface area contributed by atoms with Gasteiger partial charge in [-0.15, -0.1) is 32.9 Å². The fraction of sp³-hybridized carbons (Fsp3) is 0.100. The predicted octanol–water partition coefficient (Wildman–Crippen LogP) is 4.80. The Balaban J connectivity index is 1.48. The molecule has 2 N–H and O–H groups in total. The SMILES string of the molecule is CC(Sc1nc2scc(-c3ccccc3)c2c(=O)n1N)c1nnc(-c2cccs2)o1. The first kappa shape index (κ1) is 19.0. The third-order valence-corrected chi connectivity index (χ3v) is 7.28. The Morgan fingerprint density at radius 3 is 2.73 bits per heavy atom. The smallest absolute Gasteiger partial charge is 0.282 e. The van der Waals surface area contributed by atoms with Gasteiger partial charge in [0.05, 0.1) is 15.5 Å². The van der Waals surface area contributed by atoms with Gasteiger partial charge in [-0.3, -0.25) is 4.79 Å². The van der Waals surface area contributed by atoms with Crippen LogP contribution >= 0.6 is 34.4 Å².